The van der Waals surface area contributed by atoms with Gasteiger partial charge in [0, 0.05) is 33.5 Å². The van der Waals surface area contributed by atoms with E-state index in [2.05, 4.69) is 23.2 Å². The zero-order chi connectivity index (χ0) is 8.89. The maximum absolute atomic E-state index is 5.49. The number of nitrogens with zero attached hydrogens (tertiary/aromatic N) is 1. The highest BCUT2D eigenvalue weighted by molar-refractivity contribution is 5.29. The van der Waals surface area contributed by atoms with Crippen LogP contribution in [0.4, 0.5) is 0 Å². The molecule has 3 nitrogen and oxygen atoms in total. The molecule has 1 saturated heterocycles. The lowest BCUT2D eigenvalue weighted by molar-refractivity contribution is 0.103. The van der Waals surface area contributed by atoms with Gasteiger partial charge in [-0.15, -0.1) is 0 Å². The summed E-state index contributed by atoms with van der Waals surface area (Å²) in [7, 11) is 0. The van der Waals surface area contributed by atoms with Crippen LogP contribution >= 0.6 is 0 Å². The van der Waals surface area contributed by atoms with Crippen molar-refractivity contribution in [2.24, 2.45) is 0 Å². The molecule has 3 aliphatic rings. The Balaban J connectivity index is 0.000000750. The summed E-state index contributed by atoms with van der Waals surface area (Å²) < 4.78 is 5.49. The van der Waals surface area contributed by atoms with Crippen LogP contribution in [0.5, 0.6) is 0 Å². The predicted molar refractivity (Wildman–Crippen MR) is 52.5 cm³/mol. The second-order valence-corrected chi connectivity index (χ2v) is 4.37. The van der Waals surface area contributed by atoms with Gasteiger partial charge in [-0.3, -0.25) is 4.90 Å². The van der Waals surface area contributed by atoms with Crippen molar-refractivity contribution in [3.05, 3.63) is 12.3 Å². The zero-order valence-corrected chi connectivity index (χ0v) is 7.99. The molecule has 0 spiro atoms. The molecule has 0 radical (unpaired) electrons. The van der Waals surface area contributed by atoms with Gasteiger partial charge in [0.15, 0.2) is 0 Å². The first-order valence-electron chi connectivity index (χ1n) is 5.13. The fraction of sp³-hybridized carbons (Fsp3) is 0.800. The number of ether oxygens (including phenoxy) is 1. The summed E-state index contributed by atoms with van der Waals surface area (Å²) in [4.78, 5) is 2.59. The van der Waals surface area contributed by atoms with Crippen LogP contribution < -0.4 is 5.32 Å². The molecule has 3 unspecified atom stereocenters. The van der Waals surface area contributed by atoms with Crippen molar-refractivity contribution in [3.63, 3.8) is 0 Å². The number of hydrogen-bond acceptors (Lipinski definition) is 3. The maximum Gasteiger partial charge on any atom is 0.122 e. The molecule has 0 aromatic heterocycles. The molecule has 0 aromatic rings. The molecule has 1 saturated carbocycles. The molecule has 1 aliphatic carbocycles. The molecular weight excluding hydrogens is 164 g/mol. The SMILES string of the molecule is CC1CNCCN1C12C=COC1C2.[HH]. The van der Waals surface area contributed by atoms with E-state index < -0.39 is 0 Å². The van der Waals surface area contributed by atoms with Gasteiger partial charge < -0.3 is 10.1 Å². The van der Waals surface area contributed by atoms with Crippen LogP contribution in [0.15, 0.2) is 12.3 Å². The van der Waals surface area contributed by atoms with Crippen LogP contribution in [0.25, 0.3) is 0 Å². The minimum absolute atomic E-state index is 0. The van der Waals surface area contributed by atoms with E-state index in [1.165, 1.54) is 6.42 Å². The fourth-order valence-corrected chi connectivity index (χ4v) is 2.69. The minimum Gasteiger partial charge on any atom is -0.496 e. The van der Waals surface area contributed by atoms with E-state index in [4.69, 9.17) is 4.74 Å². The number of fused-ring (bicyclic) bond motifs is 1. The van der Waals surface area contributed by atoms with Crippen LogP contribution in [0, 0.1) is 0 Å². The van der Waals surface area contributed by atoms with Gasteiger partial charge >= 0.3 is 0 Å². The van der Waals surface area contributed by atoms with Gasteiger partial charge in [-0.2, -0.15) is 0 Å². The van der Waals surface area contributed by atoms with E-state index in [0.717, 1.165) is 19.6 Å². The third kappa shape index (κ3) is 0.973. The minimum atomic E-state index is 0. The van der Waals surface area contributed by atoms with Crippen molar-refractivity contribution in [2.75, 3.05) is 19.6 Å². The standard InChI is InChI=1S/C10H16N2O.H2/c1-8-7-11-3-4-12(8)10-2-5-13-9(10)6-10;/h2,5,8-9,11H,3-4,6-7H2,1H3;1H. The van der Waals surface area contributed by atoms with Gasteiger partial charge in [0.2, 0.25) is 0 Å². The average molecular weight is 182 g/mol. The molecule has 2 fully saturated rings. The normalized spacial score (nSPS) is 48.7. The molecule has 2 heterocycles. The van der Waals surface area contributed by atoms with Crippen molar-refractivity contribution in [1.82, 2.24) is 10.2 Å². The van der Waals surface area contributed by atoms with Crippen molar-refractivity contribution in [3.8, 4) is 0 Å². The van der Waals surface area contributed by atoms with E-state index in [0.29, 0.717) is 17.7 Å². The van der Waals surface area contributed by atoms with E-state index in [1.807, 2.05) is 6.26 Å². The second kappa shape index (κ2) is 2.49. The van der Waals surface area contributed by atoms with Crippen molar-refractivity contribution >= 4 is 0 Å². The third-order valence-electron chi connectivity index (χ3n) is 3.55. The molecule has 13 heavy (non-hydrogen) atoms. The number of rotatable bonds is 1. The third-order valence-corrected chi connectivity index (χ3v) is 3.55. The van der Waals surface area contributed by atoms with Gasteiger partial charge in [0.1, 0.15) is 6.10 Å². The molecule has 3 atom stereocenters. The van der Waals surface area contributed by atoms with Gasteiger partial charge in [0.05, 0.1) is 11.8 Å². The molecule has 0 amide bonds. The Morgan fingerprint density at radius 1 is 1.69 bits per heavy atom. The highest BCUT2D eigenvalue weighted by atomic mass is 16.5. The van der Waals surface area contributed by atoms with E-state index in [9.17, 15) is 0 Å². The molecule has 1 N–H and O–H groups in total. The molecule has 0 bridgehead atoms. The van der Waals surface area contributed by atoms with E-state index >= 15 is 0 Å². The molecule has 3 rings (SSSR count). The quantitative estimate of drug-likeness (QED) is 0.642. The Morgan fingerprint density at radius 3 is 3.23 bits per heavy atom. The lowest BCUT2D eigenvalue weighted by Gasteiger charge is -2.38. The Bertz CT molecular complexity index is 259. The average Bonchev–Trinajstić information content (AvgIpc) is 2.70. The lowest BCUT2D eigenvalue weighted by atomic mass is 10.1. The summed E-state index contributed by atoms with van der Waals surface area (Å²) in [5.74, 6) is 0. The zero-order valence-electron chi connectivity index (χ0n) is 7.99. The van der Waals surface area contributed by atoms with Crippen molar-refractivity contribution < 1.29 is 6.16 Å². The lowest BCUT2D eigenvalue weighted by Crippen LogP contribution is -2.55. The largest absolute Gasteiger partial charge is 0.496 e. The molecule has 2 aliphatic heterocycles. The van der Waals surface area contributed by atoms with E-state index in [1.54, 1.807) is 0 Å². The van der Waals surface area contributed by atoms with Crippen LogP contribution in [0.2, 0.25) is 0 Å². The number of nitrogens with one attached hydrogen (secondary N) is 1. The number of piperazine rings is 1. The van der Waals surface area contributed by atoms with Crippen LogP contribution in [0.1, 0.15) is 14.8 Å². The van der Waals surface area contributed by atoms with E-state index in [-0.39, 0.29) is 1.43 Å². The summed E-state index contributed by atoms with van der Waals surface area (Å²) in [6, 6.07) is 0.644. The summed E-state index contributed by atoms with van der Waals surface area (Å²) >= 11 is 0. The van der Waals surface area contributed by atoms with Crippen LogP contribution in [0.3, 0.4) is 0 Å². The van der Waals surface area contributed by atoms with Gasteiger partial charge in [0.25, 0.3) is 0 Å². The van der Waals surface area contributed by atoms with Crippen molar-refractivity contribution in [1.29, 1.82) is 0 Å². The Morgan fingerprint density at radius 2 is 2.62 bits per heavy atom. The smallest absolute Gasteiger partial charge is 0.122 e. The predicted octanol–water partition coefficient (Wildman–Crippen LogP) is 0.581. The maximum atomic E-state index is 5.49. The summed E-state index contributed by atoms with van der Waals surface area (Å²) in [6.07, 6.45) is 5.80. The fourth-order valence-electron chi connectivity index (χ4n) is 2.69. The first-order valence-corrected chi connectivity index (χ1v) is 5.13. The molecule has 0 aromatic carbocycles. The van der Waals surface area contributed by atoms with Gasteiger partial charge in [-0.05, 0) is 13.0 Å². The van der Waals surface area contributed by atoms with Gasteiger partial charge in [-0.25, -0.2) is 0 Å². The highest BCUT2D eigenvalue weighted by Gasteiger charge is 2.62. The Kier molecular flexibility index (Phi) is 1.50. The summed E-state index contributed by atoms with van der Waals surface area (Å²) in [5.41, 5.74) is 0.293. The van der Waals surface area contributed by atoms with Crippen molar-refractivity contribution in [2.45, 2.75) is 31.0 Å². The Labute approximate surface area is 80.2 Å². The van der Waals surface area contributed by atoms with Crippen LogP contribution in [-0.2, 0) is 4.74 Å². The summed E-state index contributed by atoms with van der Waals surface area (Å²) in [5, 5.41) is 3.42. The topological polar surface area (TPSA) is 24.5 Å². The molecule has 74 valence electrons. The monoisotopic (exact) mass is 182 g/mol. The number of hydrogen-bond donors (Lipinski definition) is 1. The summed E-state index contributed by atoms with van der Waals surface area (Å²) in [6.45, 7) is 5.68. The van der Waals surface area contributed by atoms with Gasteiger partial charge in [-0.1, -0.05) is 0 Å². The Hall–Kier alpha value is -0.540. The molecule has 3 heteroatoms. The second-order valence-electron chi connectivity index (χ2n) is 4.37. The van der Waals surface area contributed by atoms with Crippen LogP contribution in [-0.4, -0.2) is 42.2 Å². The molecular formula is C10H18N2O. The first-order chi connectivity index (χ1) is 6.33. The highest BCUT2D eigenvalue weighted by Crippen LogP contribution is 2.50. The first kappa shape index (κ1) is 7.83.